The van der Waals surface area contributed by atoms with Crippen molar-refractivity contribution in [3.63, 3.8) is 0 Å². The Morgan fingerprint density at radius 1 is 1.05 bits per heavy atom. The van der Waals surface area contributed by atoms with Gasteiger partial charge >= 0.3 is 6.18 Å². The molecule has 230 valence electrons. The first-order valence-corrected chi connectivity index (χ1v) is 14.9. The molecule has 6 nitrogen and oxygen atoms in total. The molecule has 0 saturated carbocycles. The minimum atomic E-state index is -4.76. The van der Waals surface area contributed by atoms with Crippen LogP contribution >= 0.6 is 0 Å². The second kappa shape index (κ2) is 14.0. The quantitative estimate of drug-likeness (QED) is 0.200. The number of Topliss-reactive ketones (excluding diaryl/α,β-unsaturated/α-hetero) is 1. The van der Waals surface area contributed by atoms with Gasteiger partial charge in [-0.3, -0.25) is 14.5 Å². The fourth-order valence-corrected chi connectivity index (χ4v) is 6.61. The Morgan fingerprint density at radius 2 is 1.76 bits per heavy atom. The van der Waals surface area contributed by atoms with Gasteiger partial charge in [-0.25, -0.2) is 4.39 Å². The lowest BCUT2D eigenvalue weighted by Gasteiger charge is -2.50. The van der Waals surface area contributed by atoms with Crippen LogP contribution in [0.25, 0.3) is 0 Å². The number of hydrogen-bond donors (Lipinski definition) is 2. The van der Waals surface area contributed by atoms with E-state index in [1.165, 1.54) is 53.1 Å². The summed E-state index contributed by atoms with van der Waals surface area (Å²) in [5, 5.41) is 13.3. The standard InChI is InChI=1S/C32H41F4N3O3/c1-3-14-37-15-4-5-18-39-20-25(29(41)22-10-8-11-23(40)19-22)27(24-12-9-13-26(33)21(24)2)28(30(39)32(34,35)36)31(42)38-16-6-7-17-38/h8-13,19,25,27-28,30,37,40H,3-7,14-18,20H2,1-2H3/t25-,27+,28-,30-/m0/s1. The number of hydrogen-bond acceptors (Lipinski definition) is 5. The maximum absolute atomic E-state index is 15.1. The summed E-state index contributed by atoms with van der Waals surface area (Å²) in [6.45, 7) is 5.50. The van der Waals surface area contributed by atoms with Crippen LogP contribution in [0.3, 0.4) is 0 Å². The lowest BCUT2D eigenvalue weighted by Crippen LogP contribution is -2.63. The van der Waals surface area contributed by atoms with Crippen LogP contribution < -0.4 is 5.32 Å². The molecule has 10 heteroatoms. The third kappa shape index (κ3) is 7.14. The second-order valence-electron chi connectivity index (χ2n) is 11.5. The molecule has 2 N–H and O–H groups in total. The average Bonchev–Trinajstić information content (AvgIpc) is 3.50. The third-order valence-electron chi connectivity index (χ3n) is 8.64. The van der Waals surface area contributed by atoms with Crippen molar-refractivity contribution in [3.8, 4) is 5.75 Å². The van der Waals surface area contributed by atoms with Gasteiger partial charge in [0.1, 0.15) is 17.6 Å². The molecular formula is C32H41F4N3O3. The molecule has 2 fully saturated rings. The Bertz CT molecular complexity index is 1230. The van der Waals surface area contributed by atoms with Gasteiger partial charge in [-0.05, 0) is 88.0 Å². The van der Waals surface area contributed by atoms with Gasteiger partial charge in [-0.2, -0.15) is 13.2 Å². The first-order chi connectivity index (χ1) is 20.0. The van der Waals surface area contributed by atoms with Crippen molar-refractivity contribution >= 4 is 11.7 Å². The van der Waals surface area contributed by atoms with E-state index in [0.29, 0.717) is 45.3 Å². The number of halogens is 4. The molecule has 42 heavy (non-hydrogen) atoms. The van der Waals surface area contributed by atoms with Crippen molar-refractivity contribution in [3.05, 3.63) is 65.0 Å². The number of phenolic OH excluding ortho intramolecular Hbond substituents is 1. The molecule has 4 rings (SSSR count). The van der Waals surface area contributed by atoms with Crippen molar-refractivity contribution in [2.75, 3.05) is 39.3 Å². The lowest BCUT2D eigenvalue weighted by atomic mass is 9.66. The van der Waals surface area contributed by atoms with Crippen molar-refractivity contribution in [2.24, 2.45) is 11.8 Å². The highest BCUT2D eigenvalue weighted by atomic mass is 19.4. The Balaban J connectivity index is 1.83. The molecule has 0 unspecified atom stereocenters. The van der Waals surface area contributed by atoms with Crippen LogP contribution in [0.5, 0.6) is 5.75 Å². The number of nitrogens with one attached hydrogen (secondary N) is 1. The summed E-state index contributed by atoms with van der Waals surface area (Å²) in [5.74, 6) is -5.79. The number of amides is 1. The predicted octanol–water partition coefficient (Wildman–Crippen LogP) is 5.69. The summed E-state index contributed by atoms with van der Waals surface area (Å²) in [6, 6.07) is 7.76. The largest absolute Gasteiger partial charge is 0.508 e. The molecule has 2 saturated heterocycles. The number of alkyl halides is 3. The molecule has 0 spiro atoms. The summed E-state index contributed by atoms with van der Waals surface area (Å²) in [6.07, 6.45) is -1.34. The van der Waals surface area contributed by atoms with Crippen molar-refractivity contribution in [1.29, 1.82) is 0 Å². The van der Waals surface area contributed by atoms with Gasteiger partial charge in [0, 0.05) is 37.0 Å². The molecule has 2 heterocycles. The van der Waals surface area contributed by atoms with E-state index < -0.39 is 47.5 Å². The van der Waals surface area contributed by atoms with Crippen LogP contribution in [0.1, 0.15) is 66.4 Å². The molecule has 1 amide bonds. The van der Waals surface area contributed by atoms with Gasteiger partial charge in [0.25, 0.3) is 0 Å². The number of piperidine rings is 1. The van der Waals surface area contributed by atoms with Gasteiger partial charge in [0.2, 0.25) is 5.91 Å². The lowest BCUT2D eigenvalue weighted by molar-refractivity contribution is -0.214. The molecule has 4 atom stereocenters. The van der Waals surface area contributed by atoms with Crippen LogP contribution in [-0.4, -0.2) is 78.1 Å². The number of unbranched alkanes of at least 4 members (excludes halogenated alkanes) is 1. The first kappa shape index (κ1) is 31.9. The number of rotatable bonds is 11. The number of carbonyl (C=O) groups excluding carboxylic acids is 2. The number of nitrogens with zero attached hydrogens (tertiary/aromatic N) is 2. The van der Waals surface area contributed by atoms with E-state index in [9.17, 15) is 19.1 Å². The fraction of sp³-hybridized carbons (Fsp3) is 0.562. The van der Waals surface area contributed by atoms with Crippen molar-refractivity contribution in [2.45, 2.75) is 64.1 Å². The average molecular weight is 592 g/mol. The van der Waals surface area contributed by atoms with Crippen LogP contribution in [-0.2, 0) is 4.79 Å². The molecule has 0 aromatic heterocycles. The van der Waals surface area contributed by atoms with E-state index in [1.807, 2.05) is 6.92 Å². The summed E-state index contributed by atoms with van der Waals surface area (Å²) < 4.78 is 60.3. The number of likely N-dealkylation sites (tertiary alicyclic amines) is 2. The highest BCUT2D eigenvalue weighted by Gasteiger charge is 2.60. The number of benzene rings is 2. The van der Waals surface area contributed by atoms with E-state index in [0.717, 1.165) is 13.0 Å². The zero-order chi connectivity index (χ0) is 30.4. The summed E-state index contributed by atoms with van der Waals surface area (Å²) in [5.41, 5.74) is 0.510. The fourth-order valence-electron chi connectivity index (χ4n) is 6.61. The van der Waals surface area contributed by atoms with Gasteiger partial charge in [0.15, 0.2) is 5.78 Å². The van der Waals surface area contributed by atoms with Crippen LogP contribution in [0.2, 0.25) is 0 Å². The van der Waals surface area contributed by atoms with Gasteiger partial charge in [0.05, 0.1) is 5.92 Å². The number of carbonyl (C=O) groups is 2. The molecule has 2 aromatic carbocycles. The maximum Gasteiger partial charge on any atom is 0.404 e. The minimum Gasteiger partial charge on any atom is -0.508 e. The second-order valence-corrected chi connectivity index (χ2v) is 11.5. The van der Waals surface area contributed by atoms with Gasteiger partial charge in [-0.1, -0.05) is 31.2 Å². The Hall–Kier alpha value is -2.98. The Kier molecular flexibility index (Phi) is 10.6. The van der Waals surface area contributed by atoms with E-state index in [4.69, 9.17) is 0 Å². The van der Waals surface area contributed by atoms with Gasteiger partial charge in [-0.15, -0.1) is 0 Å². The third-order valence-corrected chi connectivity index (χ3v) is 8.64. The van der Waals surface area contributed by atoms with E-state index in [-0.39, 0.29) is 35.5 Å². The zero-order valence-corrected chi connectivity index (χ0v) is 24.3. The highest BCUT2D eigenvalue weighted by molar-refractivity contribution is 5.99. The normalized spacial score (nSPS) is 23.3. The minimum absolute atomic E-state index is 0.0560. The number of aromatic hydroxyl groups is 1. The first-order valence-electron chi connectivity index (χ1n) is 14.9. The molecule has 2 aliphatic rings. The summed E-state index contributed by atoms with van der Waals surface area (Å²) in [7, 11) is 0. The van der Waals surface area contributed by atoms with Gasteiger partial charge < -0.3 is 15.3 Å². The SMILES string of the molecule is CCCNCCCCN1C[C@H](C(=O)c2cccc(O)c2)[C@@H](c2cccc(F)c2C)[C@H](C(=O)N2CCCC2)[C@H]1C(F)(F)F. The maximum atomic E-state index is 15.1. The van der Waals surface area contributed by atoms with Crippen LogP contribution in [0, 0.1) is 24.6 Å². The van der Waals surface area contributed by atoms with Crippen molar-refractivity contribution in [1.82, 2.24) is 15.1 Å². The predicted molar refractivity (Wildman–Crippen MR) is 153 cm³/mol. The molecule has 0 aliphatic carbocycles. The Labute approximate surface area is 245 Å². The van der Waals surface area contributed by atoms with Crippen LogP contribution in [0.4, 0.5) is 17.6 Å². The molecule has 0 radical (unpaired) electrons. The van der Waals surface area contributed by atoms with Crippen molar-refractivity contribution < 1.29 is 32.3 Å². The Morgan fingerprint density at radius 3 is 2.43 bits per heavy atom. The van der Waals surface area contributed by atoms with E-state index in [1.54, 1.807) is 6.07 Å². The van der Waals surface area contributed by atoms with E-state index >= 15 is 13.2 Å². The number of ketones is 1. The van der Waals surface area contributed by atoms with E-state index in [2.05, 4.69) is 5.32 Å². The molecule has 2 aliphatic heterocycles. The number of phenols is 1. The molecule has 2 aromatic rings. The summed E-state index contributed by atoms with van der Waals surface area (Å²) in [4.78, 5) is 31.0. The topological polar surface area (TPSA) is 72.9 Å². The highest BCUT2D eigenvalue weighted by Crippen LogP contribution is 2.49. The summed E-state index contributed by atoms with van der Waals surface area (Å²) >= 11 is 0. The van der Waals surface area contributed by atoms with Crippen LogP contribution in [0.15, 0.2) is 42.5 Å². The zero-order valence-electron chi connectivity index (χ0n) is 24.3. The smallest absolute Gasteiger partial charge is 0.404 e. The molecule has 0 bridgehead atoms. The monoisotopic (exact) mass is 591 g/mol. The molecular weight excluding hydrogens is 550 g/mol.